The Bertz CT molecular complexity index is 910. The molecule has 0 bridgehead atoms. The number of hydrogen-bond acceptors (Lipinski definition) is 5. The lowest BCUT2D eigenvalue weighted by Gasteiger charge is -2.12. The van der Waals surface area contributed by atoms with Crippen molar-refractivity contribution in [1.29, 1.82) is 10.5 Å². The maximum absolute atomic E-state index is 14.4. The van der Waals surface area contributed by atoms with Crippen molar-refractivity contribution >= 4 is 5.82 Å². The minimum Gasteiger partial charge on any atom is -0.432 e. The van der Waals surface area contributed by atoms with Gasteiger partial charge >= 0.3 is 6.61 Å². The van der Waals surface area contributed by atoms with Gasteiger partial charge in [0.05, 0.1) is 0 Å². The van der Waals surface area contributed by atoms with Crippen LogP contribution in [-0.2, 0) is 0 Å². The molecule has 0 aliphatic carbocycles. The number of ether oxygens (including phenoxy) is 1. The average Bonchev–Trinajstić information content (AvgIpc) is 2.48. The minimum atomic E-state index is -3.27. The average molecular weight is 320 g/mol. The molecule has 0 spiro atoms. The number of aromatic nitrogens is 1. The Morgan fingerprint density at radius 3 is 2.43 bits per heavy atom. The van der Waals surface area contributed by atoms with Crippen molar-refractivity contribution in [3.05, 3.63) is 45.5 Å². The first kappa shape index (κ1) is 15.9. The highest BCUT2D eigenvalue weighted by Crippen LogP contribution is 2.34. The molecule has 0 radical (unpaired) electrons. The Morgan fingerprint density at radius 1 is 1.22 bits per heavy atom. The van der Waals surface area contributed by atoms with Gasteiger partial charge in [0.2, 0.25) is 0 Å². The zero-order valence-corrected chi connectivity index (χ0v) is 11.2. The number of nitrogen functional groups attached to an aromatic ring is 1. The first-order valence-corrected chi connectivity index (χ1v) is 6.00. The number of H-pyrrole nitrogens is 1. The summed E-state index contributed by atoms with van der Waals surface area (Å²) in [6.07, 6.45) is 0. The highest BCUT2D eigenvalue weighted by atomic mass is 19.3. The quantitative estimate of drug-likeness (QED) is 0.898. The fourth-order valence-corrected chi connectivity index (χ4v) is 2.00. The summed E-state index contributed by atoms with van der Waals surface area (Å²) in [5, 5.41) is 18.2. The van der Waals surface area contributed by atoms with Crippen molar-refractivity contribution in [1.82, 2.24) is 4.98 Å². The van der Waals surface area contributed by atoms with Crippen molar-refractivity contribution < 1.29 is 17.9 Å². The highest BCUT2D eigenvalue weighted by Gasteiger charge is 2.23. The lowest BCUT2D eigenvalue weighted by molar-refractivity contribution is -0.0521. The summed E-state index contributed by atoms with van der Waals surface area (Å²) in [5.74, 6) is -2.40. The Kier molecular flexibility index (Phi) is 4.23. The second-order valence-electron chi connectivity index (χ2n) is 4.21. The number of nitrogens with one attached hydrogen (secondary N) is 1. The van der Waals surface area contributed by atoms with Gasteiger partial charge in [-0.1, -0.05) is 12.1 Å². The van der Waals surface area contributed by atoms with Gasteiger partial charge in [-0.15, -0.1) is 0 Å². The molecule has 0 fully saturated rings. The maximum Gasteiger partial charge on any atom is 0.387 e. The van der Waals surface area contributed by atoms with Crippen molar-refractivity contribution in [3.8, 4) is 29.0 Å². The molecule has 23 heavy (non-hydrogen) atoms. The minimum absolute atomic E-state index is 0.353. The summed E-state index contributed by atoms with van der Waals surface area (Å²) in [6, 6.07) is 6.43. The molecule has 9 heteroatoms. The third kappa shape index (κ3) is 2.80. The fourth-order valence-electron chi connectivity index (χ4n) is 2.00. The molecular formula is C14H7F3N4O2. The van der Waals surface area contributed by atoms with E-state index in [1.165, 1.54) is 6.07 Å². The van der Waals surface area contributed by atoms with Gasteiger partial charge in [-0.2, -0.15) is 19.3 Å². The van der Waals surface area contributed by atoms with Gasteiger partial charge in [-0.25, -0.2) is 4.39 Å². The molecule has 1 aromatic heterocycles. The number of rotatable bonds is 3. The second kappa shape index (κ2) is 6.12. The molecule has 0 aliphatic heterocycles. The van der Waals surface area contributed by atoms with Crippen molar-refractivity contribution in [2.24, 2.45) is 0 Å². The van der Waals surface area contributed by atoms with Crippen LogP contribution in [-0.4, -0.2) is 11.6 Å². The van der Waals surface area contributed by atoms with Crippen LogP contribution in [0.1, 0.15) is 11.1 Å². The number of hydrogen-bond donors (Lipinski definition) is 2. The monoisotopic (exact) mass is 320 g/mol. The number of nitrogens with two attached hydrogens (primary N) is 1. The van der Waals surface area contributed by atoms with E-state index in [9.17, 15) is 18.0 Å². The summed E-state index contributed by atoms with van der Waals surface area (Å²) in [5.41, 5.74) is 2.85. The zero-order valence-electron chi connectivity index (χ0n) is 11.2. The lowest BCUT2D eigenvalue weighted by atomic mass is 9.96. The SMILES string of the molecule is N#Cc1c(N)[nH]c(=O)c(C#N)c1-c1cccc(OC(F)F)c1F. The molecule has 0 saturated heterocycles. The van der Waals surface area contributed by atoms with E-state index in [1.54, 1.807) is 12.1 Å². The van der Waals surface area contributed by atoms with E-state index < -0.39 is 34.9 Å². The van der Waals surface area contributed by atoms with Gasteiger partial charge in [-0.05, 0) is 6.07 Å². The molecule has 3 N–H and O–H groups in total. The van der Waals surface area contributed by atoms with Crippen molar-refractivity contribution in [2.75, 3.05) is 5.73 Å². The summed E-state index contributed by atoms with van der Waals surface area (Å²) < 4.78 is 43.0. The number of benzene rings is 1. The van der Waals surface area contributed by atoms with Crippen molar-refractivity contribution in [3.63, 3.8) is 0 Å². The molecule has 6 nitrogen and oxygen atoms in total. The summed E-state index contributed by atoms with van der Waals surface area (Å²) >= 11 is 0. The van der Waals surface area contributed by atoms with E-state index in [-0.39, 0.29) is 16.9 Å². The third-order valence-electron chi connectivity index (χ3n) is 2.92. The number of nitrogens with zero attached hydrogens (tertiary/aromatic N) is 2. The zero-order chi connectivity index (χ0) is 17.1. The Morgan fingerprint density at radius 2 is 1.87 bits per heavy atom. The fraction of sp³-hybridized carbons (Fsp3) is 0.0714. The van der Waals surface area contributed by atoms with E-state index in [4.69, 9.17) is 16.3 Å². The third-order valence-corrected chi connectivity index (χ3v) is 2.92. The van der Waals surface area contributed by atoms with Gasteiger partial charge in [0.15, 0.2) is 11.6 Å². The molecular weight excluding hydrogens is 313 g/mol. The van der Waals surface area contributed by atoms with E-state index in [2.05, 4.69) is 9.72 Å². The maximum atomic E-state index is 14.4. The van der Waals surface area contributed by atoms with E-state index in [0.717, 1.165) is 12.1 Å². The molecule has 116 valence electrons. The van der Waals surface area contributed by atoms with Crippen LogP contribution in [0.3, 0.4) is 0 Å². The predicted molar refractivity (Wildman–Crippen MR) is 72.9 cm³/mol. The van der Waals surface area contributed by atoms with E-state index >= 15 is 0 Å². The van der Waals surface area contributed by atoms with Crippen molar-refractivity contribution in [2.45, 2.75) is 6.61 Å². The number of pyridine rings is 1. The molecule has 2 aromatic rings. The number of aromatic amines is 1. The van der Waals surface area contributed by atoms with Gasteiger partial charge in [0, 0.05) is 11.1 Å². The van der Waals surface area contributed by atoms with Crippen LogP contribution in [0.2, 0.25) is 0 Å². The van der Waals surface area contributed by atoms with Gasteiger partial charge < -0.3 is 15.5 Å². The van der Waals surface area contributed by atoms with E-state index in [0.29, 0.717) is 0 Å². The van der Waals surface area contributed by atoms with Gasteiger partial charge in [0.25, 0.3) is 5.56 Å². The number of halogens is 3. The summed E-state index contributed by atoms with van der Waals surface area (Å²) in [6.45, 7) is -3.27. The molecule has 0 atom stereocenters. The largest absolute Gasteiger partial charge is 0.432 e. The van der Waals surface area contributed by atoms with Crippen LogP contribution < -0.4 is 16.0 Å². The highest BCUT2D eigenvalue weighted by molar-refractivity contribution is 5.81. The van der Waals surface area contributed by atoms with Crippen LogP contribution in [0.4, 0.5) is 19.0 Å². The summed E-state index contributed by atoms with van der Waals surface area (Å²) in [4.78, 5) is 13.9. The lowest BCUT2D eigenvalue weighted by Crippen LogP contribution is -2.16. The number of alkyl halides is 2. The molecule has 0 amide bonds. The Balaban J connectivity index is 2.86. The van der Waals surface area contributed by atoms with Crippen LogP contribution in [0, 0.1) is 28.5 Å². The molecule has 2 rings (SSSR count). The van der Waals surface area contributed by atoms with Crippen LogP contribution in [0.5, 0.6) is 5.75 Å². The Hall–Kier alpha value is -3.46. The van der Waals surface area contributed by atoms with Gasteiger partial charge in [0.1, 0.15) is 29.1 Å². The second-order valence-corrected chi connectivity index (χ2v) is 4.21. The molecule has 1 aromatic carbocycles. The standard InChI is InChI=1S/C14H7F3N4O2/c15-11-6(2-1-3-9(11)23-14(16)17)10-7(4-18)12(20)21-13(22)8(10)5-19/h1-3,14H,(H3,20,21,22). The van der Waals surface area contributed by atoms with Crippen LogP contribution in [0.15, 0.2) is 23.0 Å². The predicted octanol–water partition coefficient (Wildman–Crippen LogP) is 2.11. The molecule has 1 heterocycles. The summed E-state index contributed by atoms with van der Waals surface area (Å²) in [7, 11) is 0. The number of anilines is 1. The molecule has 0 aliphatic rings. The first-order valence-electron chi connectivity index (χ1n) is 6.00. The van der Waals surface area contributed by atoms with Crippen LogP contribution in [0.25, 0.3) is 11.1 Å². The Labute approximate surface area is 127 Å². The molecule has 0 saturated carbocycles. The van der Waals surface area contributed by atoms with Crippen LogP contribution >= 0.6 is 0 Å². The number of nitriles is 2. The van der Waals surface area contributed by atoms with Gasteiger partial charge in [-0.3, -0.25) is 4.79 Å². The first-order chi connectivity index (χ1) is 10.9. The van der Waals surface area contributed by atoms with E-state index in [1.807, 2.05) is 0 Å². The normalized spacial score (nSPS) is 10.2. The molecule has 0 unspecified atom stereocenters. The smallest absolute Gasteiger partial charge is 0.387 e. The topological polar surface area (TPSA) is 116 Å².